The molecule has 14 heavy (non-hydrogen) atoms. The summed E-state index contributed by atoms with van der Waals surface area (Å²) in [6, 6.07) is 4.51. The molecule has 0 spiro atoms. The van der Waals surface area contributed by atoms with Crippen LogP contribution in [0.3, 0.4) is 0 Å². The summed E-state index contributed by atoms with van der Waals surface area (Å²) < 4.78 is 1.96. The first-order valence-corrected chi connectivity index (χ1v) is 5.28. The Morgan fingerprint density at radius 1 is 1.50 bits per heavy atom. The highest BCUT2D eigenvalue weighted by Crippen LogP contribution is 2.35. The van der Waals surface area contributed by atoms with Gasteiger partial charge < -0.3 is 0 Å². The standard InChI is InChI=1S/C11H15N3/c12-7-6-11(10-4-1-2-5-10)14-9-3-8-13-14/h3,8-11H,1-2,4-6H2. The maximum absolute atomic E-state index is 8.80. The molecule has 1 fully saturated rings. The molecule has 1 aliphatic rings. The molecule has 3 heteroatoms. The molecule has 1 saturated carbocycles. The third-order valence-corrected chi connectivity index (χ3v) is 3.11. The second-order valence-corrected chi connectivity index (χ2v) is 3.96. The number of hydrogen-bond donors (Lipinski definition) is 0. The second kappa shape index (κ2) is 4.28. The van der Waals surface area contributed by atoms with E-state index in [-0.39, 0.29) is 0 Å². The Labute approximate surface area is 84.3 Å². The van der Waals surface area contributed by atoms with E-state index in [9.17, 15) is 0 Å². The molecule has 0 bridgehead atoms. The van der Waals surface area contributed by atoms with Crippen molar-refractivity contribution in [1.29, 1.82) is 5.26 Å². The molecule has 1 aliphatic carbocycles. The van der Waals surface area contributed by atoms with Gasteiger partial charge in [0.2, 0.25) is 0 Å². The van der Waals surface area contributed by atoms with Crippen LogP contribution < -0.4 is 0 Å². The molecule has 0 N–H and O–H groups in total. The molecule has 1 aromatic rings. The quantitative estimate of drug-likeness (QED) is 0.733. The Kier molecular flexibility index (Phi) is 2.83. The summed E-state index contributed by atoms with van der Waals surface area (Å²) >= 11 is 0. The minimum atomic E-state index is 0.303. The van der Waals surface area contributed by atoms with Crippen LogP contribution in [0, 0.1) is 17.2 Å². The summed E-state index contributed by atoms with van der Waals surface area (Å²) in [4.78, 5) is 0. The van der Waals surface area contributed by atoms with Crippen LogP contribution in [0.25, 0.3) is 0 Å². The molecule has 1 aromatic heterocycles. The van der Waals surface area contributed by atoms with E-state index < -0.39 is 0 Å². The van der Waals surface area contributed by atoms with Crippen LogP contribution in [0.15, 0.2) is 18.5 Å². The van der Waals surface area contributed by atoms with Gasteiger partial charge in [0.15, 0.2) is 0 Å². The van der Waals surface area contributed by atoms with E-state index in [0.29, 0.717) is 18.4 Å². The fraction of sp³-hybridized carbons (Fsp3) is 0.636. The zero-order valence-electron chi connectivity index (χ0n) is 8.26. The van der Waals surface area contributed by atoms with Gasteiger partial charge in [-0.05, 0) is 24.8 Å². The third-order valence-electron chi connectivity index (χ3n) is 3.11. The summed E-state index contributed by atoms with van der Waals surface area (Å²) in [7, 11) is 0. The van der Waals surface area contributed by atoms with Gasteiger partial charge in [0.05, 0.1) is 18.5 Å². The van der Waals surface area contributed by atoms with Crippen molar-refractivity contribution in [2.24, 2.45) is 5.92 Å². The van der Waals surface area contributed by atoms with Crippen molar-refractivity contribution < 1.29 is 0 Å². The predicted molar refractivity (Wildman–Crippen MR) is 53.5 cm³/mol. The lowest BCUT2D eigenvalue weighted by molar-refractivity contribution is 0.315. The molecular formula is C11H15N3. The number of nitrogens with zero attached hydrogens (tertiary/aromatic N) is 3. The lowest BCUT2D eigenvalue weighted by Gasteiger charge is -2.21. The molecule has 0 saturated heterocycles. The first-order chi connectivity index (χ1) is 6.92. The van der Waals surface area contributed by atoms with E-state index in [0.717, 1.165) is 0 Å². The van der Waals surface area contributed by atoms with Crippen LogP contribution in [-0.2, 0) is 0 Å². The highest BCUT2D eigenvalue weighted by Gasteiger charge is 2.26. The Morgan fingerprint density at radius 2 is 2.29 bits per heavy atom. The van der Waals surface area contributed by atoms with Gasteiger partial charge in [-0.2, -0.15) is 10.4 Å². The molecule has 3 nitrogen and oxygen atoms in total. The lowest BCUT2D eigenvalue weighted by atomic mass is 9.96. The topological polar surface area (TPSA) is 41.6 Å². The summed E-state index contributed by atoms with van der Waals surface area (Å²) in [6.07, 6.45) is 9.49. The van der Waals surface area contributed by atoms with Crippen LogP contribution in [0.2, 0.25) is 0 Å². The van der Waals surface area contributed by atoms with Crippen LogP contribution in [0.1, 0.15) is 38.1 Å². The van der Waals surface area contributed by atoms with Crippen LogP contribution in [0.4, 0.5) is 0 Å². The summed E-state index contributed by atoms with van der Waals surface area (Å²) in [5, 5.41) is 13.1. The zero-order chi connectivity index (χ0) is 9.80. The van der Waals surface area contributed by atoms with Gasteiger partial charge in [-0.1, -0.05) is 12.8 Å². The minimum absolute atomic E-state index is 0.303. The molecule has 1 atom stereocenters. The van der Waals surface area contributed by atoms with Gasteiger partial charge in [0, 0.05) is 12.4 Å². The fourth-order valence-electron chi connectivity index (χ4n) is 2.39. The first-order valence-electron chi connectivity index (χ1n) is 5.28. The smallest absolute Gasteiger partial charge is 0.0677 e. The highest BCUT2D eigenvalue weighted by molar-refractivity contribution is 4.90. The Balaban J connectivity index is 2.11. The maximum Gasteiger partial charge on any atom is 0.0677 e. The van der Waals surface area contributed by atoms with Gasteiger partial charge in [0.25, 0.3) is 0 Å². The van der Waals surface area contributed by atoms with Gasteiger partial charge in [0.1, 0.15) is 0 Å². The van der Waals surface area contributed by atoms with Gasteiger partial charge >= 0.3 is 0 Å². The molecule has 74 valence electrons. The van der Waals surface area contributed by atoms with Crippen LogP contribution in [-0.4, -0.2) is 9.78 Å². The van der Waals surface area contributed by atoms with Crippen LogP contribution in [0.5, 0.6) is 0 Å². The molecular weight excluding hydrogens is 174 g/mol. The third kappa shape index (κ3) is 1.79. The fourth-order valence-corrected chi connectivity index (χ4v) is 2.39. The van der Waals surface area contributed by atoms with Crippen molar-refractivity contribution in [3.63, 3.8) is 0 Å². The zero-order valence-corrected chi connectivity index (χ0v) is 8.26. The second-order valence-electron chi connectivity index (χ2n) is 3.96. The van der Waals surface area contributed by atoms with Crippen molar-refractivity contribution in [3.8, 4) is 6.07 Å². The van der Waals surface area contributed by atoms with E-state index in [1.807, 2.05) is 16.9 Å². The van der Waals surface area contributed by atoms with Crippen molar-refractivity contribution in [1.82, 2.24) is 9.78 Å². The minimum Gasteiger partial charge on any atom is -0.268 e. The highest BCUT2D eigenvalue weighted by atomic mass is 15.3. The monoisotopic (exact) mass is 189 g/mol. The number of nitriles is 1. The average molecular weight is 189 g/mol. The number of aromatic nitrogens is 2. The molecule has 0 radical (unpaired) electrons. The van der Waals surface area contributed by atoms with Crippen molar-refractivity contribution in [2.45, 2.75) is 38.1 Å². The lowest BCUT2D eigenvalue weighted by Crippen LogP contribution is -2.17. The van der Waals surface area contributed by atoms with E-state index in [1.165, 1.54) is 25.7 Å². The van der Waals surface area contributed by atoms with Crippen LogP contribution >= 0.6 is 0 Å². The Morgan fingerprint density at radius 3 is 2.86 bits per heavy atom. The summed E-state index contributed by atoms with van der Waals surface area (Å²) in [5.41, 5.74) is 0. The summed E-state index contributed by atoms with van der Waals surface area (Å²) in [6.45, 7) is 0. The van der Waals surface area contributed by atoms with Crippen molar-refractivity contribution in [2.75, 3.05) is 0 Å². The number of hydrogen-bond acceptors (Lipinski definition) is 2. The Hall–Kier alpha value is -1.30. The van der Waals surface area contributed by atoms with Gasteiger partial charge in [-0.3, -0.25) is 4.68 Å². The summed E-state index contributed by atoms with van der Waals surface area (Å²) in [5.74, 6) is 0.662. The van der Waals surface area contributed by atoms with Gasteiger partial charge in [-0.25, -0.2) is 0 Å². The van der Waals surface area contributed by atoms with E-state index in [1.54, 1.807) is 6.20 Å². The van der Waals surface area contributed by atoms with Crippen molar-refractivity contribution >= 4 is 0 Å². The van der Waals surface area contributed by atoms with Gasteiger partial charge in [-0.15, -0.1) is 0 Å². The number of rotatable bonds is 3. The molecule has 1 heterocycles. The maximum atomic E-state index is 8.80. The van der Waals surface area contributed by atoms with Crippen molar-refractivity contribution in [3.05, 3.63) is 18.5 Å². The predicted octanol–water partition coefficient (Wildman–Crippen LogP) is 2.53. The SMILES string of the molecule is N#CCC(C1CCCC1)n1cccn1. The van der Waals surface area contributed by atoms with E-state index in [2.05, 4.69) is 11.2 Å². The Bertz CT molecular complexity index is 304. The first kappa shape index (κ1) is 9.26. The molecule has 0 aliphatic heterocycles. The largest absolute Gasteiger partial charge is 0.268 e. The average Bonchev–Trinajstić information content (AvgIpc) is 2.87. The molecule has 2 rings (SSSR count). The molecule has 0 aromatic carbocycles. The van der Waals surface area contributed by atoms with E-state index in [4.69, 9.17) is 5.26 Å². The molecule has 0 amide bonds. The molecule has 1 unspecified atom stereocenters. The van der Waals surface area contributed by atoms with E-state index >= 15 is 0 Å². The normalized spacial score (nSPS) is 19.4.